The molecule has 1 atom stereocenters. The van der Waals surface area contributed by atoms with E-state index in [1.54, 1.807) is 6.20 Å². The van der Waals surface area contributed by atoms with Crippen LogP contribution in [0.3, 0.4) is 0 Å². The van der Waals surface area contributed by atoms with Crippen molar-refractivity contribution in [1.29, 1.82) is 0 Å². The lowest BCUT2D eigenvalue weighted by molar-refractivity contribution is 0.777. The maximum absolute atomic E-state index is 5.63. The van der Waals surface area contributed by atoms with Crippen molar-refractivity contribution < 1.29 is 0 Å². The Bertz CT molecular complexity index is 381. The Morgan fingerprint density at radius 2 is 2.29 bits per heavy atom. The maximum atomic E-state index is 5.63. The van der Waals surface area contributed by atoms with Gasteiger partial charge in [0.05, 0.1) is 11.4 Å². The topological polar surface area (TPSA) is 76.5 Å². The van der Waals surface area contributed by atoms with Gasteiger partial charge in [-0.2, -0.15) is 5.10 Å². The lowest BCUT2D eigenvalue weighted by Gasteiger charge is -2.14. The van der Waals surface area contributed by atoms with Gasteiger partial charge in [0, 0.05) is 18.5 Å². The summed E-state index contributed by atoms with van der Waals surface area (Å²) in [5, 5.41) is 7.91. The van der Waals surface area contributed by atoms with Gasteiger partial charge in [0.15, 0.2) is 0 Å². The average molecular weight is 189 g/mol. The Balaban J connectivity index is 2.30. The van der Waals surface area contributed by atoms with Crippen LogP contribution in [-0.4, -0.2) is 21.5 Å². The number of nitrogens with zero attached hydrogens (tertiary/aromatic N) is 4. The number of hydrogen-bond acceptors (Lipinski definition) is 5. The summed E-state index contributed by atoms with van der Waals surface area (Å²) in [4.78, 5) is 7.96. The minimum Gasteiger partial charge on any atom is -0.385 e. The maximum Gasteiger partial charge on any atom is 0.125 e. The van der Waals surface area contributed by atoms with Gasteiger partial charge >= 0.3 is 0 Å². The normalized spacial score (nSPS) is 21.4. The fourth-order valence-corrected chi connectivity index (χ4v) is 1.27. The van der Waals surface area contributed by atoms with Gasteiger partial charge in [0.1, 0.15) is 12.2 Å². The van der Waals surface area contributed by atoms with Gasteiger partial charge in [-0.25, -0.2) is 9.97 Å². The van der Waals surface area contributed by atoms with E-state index in [-0.39, 0.29) is 5.92 Å². The zero-order valence-electron chi connectivity index (χ0n) is 7.88. The second kappa shape index (κ2) is 3.53. The minimum atomic E-state index is 0.234. The summed E-state index contributed by atoms with van der Waals surface area (Å²) in [7, 11) is 0. The van der Waals surface area contributed by atoms with Crippen LogP contribution in [0, 0.1) is 5.92 Å². The fraction of sp³-hybridized carbons (Fsp3) is 0.333. The predicted molar refractivity (Wildman–Crippen MR) is 54.0 cm³/mol. The largest absolute Gasteiger partial charge is 0.385 e. The quantitative estimate of drug-likeness (QED) is 0.701. The van der Waals surface area contributed by atoms with Gasteiger partial charge in [0.25, 0.3) is 0 Å². The second-order valence-corrected chi connectivity index (χ2v) is 3.27. The van der Waals surface area contributed by atoms with Crippen molar-refractivity contribution in [2.24, 2.45) is 21.9 Å². The van der Waals surface area contributed by atoms with E-state index >= 15 is 0 Å². The average Bonchev–Trinajstić information content (AvgIpc) is 2.23. The van der Waals surface area contributed by atoms with Gasteiger partial charge in [0.2, 0.25) is 0 Å². The van der Waals surface area contributed by atoms with Crippen LogP contribution in [0.5, 0.6) is 0 Å². The molecule has 5 heteroatoms. The zero-order chi connectivity index (χ0) is 9.97. The first-order valence-corrected chi connectivity index (χ1v) is 4.43. The zero-order valence-corrected chi connectivity index (χ0v) is 7.88. The molecule has 0 aromatic carbocycles. The predicted octanol–water partition coefficient (Wildman–Crippen LogP) is 0.578. The Labute approximate surface area is 81.8 Å². The second-order valence-electron chi connectivity index (χ2n) is 3.27. The molecule has 2 N–H and O–H groups in total. The highest BCUT2D eigenvalue weighted by Crippen LogP contribution is 2.13. The highest BCUT2D eigenvalue weighted by Gasteiger charge is 2.17. The Hall–Kier alpha value is -1.78. The number of amidine groups is 1. The summed E-state index contributed by atoms with van der Waals surface area (Å²) in [6, 6.07) is 1.82. The number of aromatic nitrogens is 2. The van der Waals surface area contributed by atoms with Crippen molar-refractivity contribution in [1.82, 2.24) is 9.97 Å². The van der Waals surface area contributed by atoms with E-state index in [2.05, 4.69) is 20.2 Å². The third-order valence-corrected chi connectivity index (χ3v) is 2.17. The standard InChI is InChI=1S/C9H11N5/c1-6-4-8(13-14-9(6)10)7-2-3-11-5-12-7/h2-3,5-6H,4H2,1H3,(H2,10,14). The van der Waals surface area contributed by atoms with Crippen LogP contribution in [0.4, 0.5) is 0 Å². The van der Waals surface area contributed by atoms with Crippen molar-refractivity contribution >= 4 is 11.5 Å². The molecule has 0 saturated heterocycles. The molecule has 72 valence electrons. The number of rotatable bonds is 1. The van der Waals surface area contributed by atoms with Crippen molar-refractivity contribution in [3.05, 3.63) is 24.3 Å². The third-order valence-electron chi connectivity index (χ3n) is 2.17. The van der Waals surface area contributed by atoms with E-state index in [4.69, 9.17) is 5.73 Å². The minimum absolute atomic E-state index is 0.234. The molecule has 1 aliphatic rings. The lowest BCUT2D eigenvalue weighted by Crippen LogP contribution is -2.27. The molecule has 1 aromatic rings. The van der Waals surface area contributed by atoms with Crippen LogP contribution < -0.4 is 5.73 Å². The molecule has 2 heterocycles. The Morgan fingerprint density at radius 1 is 1.43 bits per heavy atom. The molecular formula is C9H11N5. The highest BCUT2D eigenvalue weighted by molar-refractivity contribution is 6.03. The Kier molecular flexibility index (Phi) is 2.22. The lowest BCUT2D eigenvalue weighted by atomic mass is 10.0. The van der Waals surface area contributed by atoms with Crippen LogP contribution >= 0.6 is 0 Å². The van der Waals surface area contributed by atoms with Crippen LogP contribution in [0.1, 0.15) is 19.0 Å². The van der Waals surface area contributed by atoms with Crippen LogP contribution in [-0.2, 0) is 0 Å². The summed E-state index contributed by atoms with van der Waals surface area (Å²) < 4.78 is 0. The molecule has 1 unspecified atom stereocenters. The number of hydrogen-bond donors (Lipinski definition) is 1. The van der Waals surface area contributed by atoms with Crippen molar-refractivity contribution in [2.75, 3.05) is 0 Å². The molecule has 0 saturated carbocycles. The van der Waals surface area contributed by atoms with Gasteiger partial charge in [-0.05, 0) is 6.07 Å². The first kappa shape index (κ1) is 8.80. The van der Waals surface area contributed by atoms with Gasteiger partial charge < -0.3 is 5.73 Å². The molecule has 5 nitrogen and oxygen atoms in total. The first-order valence-electron chi connectivity index (χ1n) is 4.43. The monoisotopic (exact) mass is 189 g/mol. The summed E-state index contributed by atoms with van der Waals surface area (Å²) in [6.07, 6.45) is 3.98. The summed E-state index contributed by atoms with van der Waals surface area (Å²) in [5.74, 6) is 0.820. The van der Waals surface area contributed by atoms with Crippen LogP contribution in [0.2, 0.25) is 0 Å². The van der Waals surface area contributed by atoms with Crippen molar-refractivity contribution in [3.63, 3.8) is 0 Å². The van der Waals surface area contributed by atoms with E-state index in [0.717, 1.165) is 17.8 Å². The van der Waals surface area contributed by atoms with Crippen molar-refractivity contribution in [3.8, 4) is 0 Å². The molecule has 0 amide bonds. The SMILES string of the molecule is CC1CC(c2ccncn2)=NN=C1N. The molecule has 1 aliphatic heterocycles. The molecule has 0 spiro atoms. The molecule has 0 bridgehead atoms. The highest BCUT2D eigenvalue weighted by atomic mass is 15.2. The summed E-state index contributed by atoms with van der Waals surface area (Å²) in [5.41, 5.74) is 7.32. The Morgan fingerprint density at radius 3 is 2.93 bits per heavy atom. The molecular weight excluding hydrogens is 178 g/mol. The van der Waals surface area contributed by atoms with Gasteiger partial charge in [-0.3, -0.25) is 0 Å². The third kappa shape index (κ3) is 1.61. The molecule has 14 heavy (non-hydrogen) atoms. The van der Waals surface area contributed by atoms with E-state index in [1.807, 2.05) is 13.0 Å². The molecule has 0 radical (unpaired) electrons. The number of nitrogens with two attached hydrogens (primary N) is 1. The van der Waals surface area contributed by atoms with Gasteiger partial charge in [-0.1, -0.05) is 6.92 Å². The summed E-state index contributed by atoms with van der Waals surface area (Å²) >= 11 is 0. The van der Waals surface area contributed by atoms with Crippen LogP contribution in [0.25, 0.3) is 0 Å². The smallest absolute Gasteiger partial charge is 0.125 e. The summed E-state index contributed by atoms with van der Waals surface area (Å²) in [6.45, 7) is 2.02. The molecule has 0 fully saturated rings. The molecule has 2 rings (SSSR count). The van der Waals surface area contributed by atoms with Gasteiger partial charge in [-0.15, -0.1) is 5.10 Å². The van der Waals surface area contributed by atoms with E-state index in [9.17, 15) is 0 Å². The fourth-order valence-electron chi connectivity index (χ4n) is 1.27. The first-order chi connectivity index (χ1) is 6.77. The van der Waals surface area contributed by atoms with E-state index in [1.165, 1.54) is 6.33 Å². The van der Waals surface area contributed by atoms with Crippen LogP contribution in [0.15, 0.2) is 28.8 Å². The molecule has 1 aromatic heterocycles. The van der Waals surface area contributed by atoms with Crippen molar-refractivity contribution in [2.45, 2.75) is 13.3 Å². The van der Waals surface area contributed by atoms with E-state index in [0.29, 0.717) is 5.84 Å². The van der Waals surface area contributed by atoms with E-state index < -0.39 is 0 Å². The molecule has 0 aliphatic carbocycles.